The zero-order valence-electron chi connectivity index (χ0n) is 8.99. The summed E-state index contributed by atoms with van der Waals surface area (Å²) in [6.07, 6.45) is 3.46. The highest BCUT2D eigenvalue weighted by atomic mass is 14.8. The van der Waals surface area contributed by atoms with E-state index < -0.39 is 0 Å². The SMILES string of the molecule is CC(C)(C)CN=Cc1cccnc1N. The Hall–Kier alpha value is -1.38. The standard InChI is InChI=1S/C11H17N3/c1-11(2,3)8-13-7-9-5-4-6-14-10(9)12/h4-7H,8H2,1-3H3,(H2,12,14). The van der Waals surface area contributed by atoms with Gasteiger partial charge in [0.2, 0.25) is 0 Å². The highest BCUT2D eigenvalue weighted by Crippen LogP contribution is 2.13. The average Bonchev–Trinajstić information content (AvgIpc) is 2.06. The fourth-order valence-corrected chi connectivity index (χ4v) is 0.957. The fraction of sp³-hybridized carbons (Fsp3) is 0.455. The van der Waals surface area contributed by atoms with E-state index in [0.29, 0.717) is 5.82 Å². The molecule has 0 unspecified atom stereocenters. The molecular weight excluding hydrogens is 174 g/mol. The number of rotatable bonds is 2. The lowest BCUT2D eigenvalue weighted by Crippen LogP contribution is -2.09. The van der Waals surface area contributed by atoms with Gasteiger partial charge in [-0.25, -0.2) is 4.98 Å². The topological polar surface area (TPSA) is 51.3 Å². The molecular formula is C11H17N3. The van der Waals surface area contributed by atoms with Crippen molar-refractivity contribution in [3.05, 3.63) is 23.9 Å². The Balaban J connectivity index is 2.65. The third-order valence-corrected chi connectivity index (χ3v) is 1.67. The van der Waals surface area contributed by atoms with Crippen LogP contribution >= 0.6 is 0 Å². The van der Waals surface area contributed by atoms with E-state index in [4.69, 9.17) is 5.73 Å². The molecule has 1 aromatic heterocycles. The number of pyridine rings is 1. The van der Waals surface area contributed by atoms with Gasteiger partial charge in [-0.15, -0.1) is 0 Å². The molecule has 3 nitrogen and oxygen atoms in total. The minimum atomic E-state index is 0.216. The Bertz CT molecular complexity index is 324. The summed E-state index contributed by atoms with van der Waals surface area (Å²) >= 11 is 0. The Morgan fingerprint density at radius 2 is 2.21 bits per heavy atom. The molecule has 1 heterocycles. The van der Waals surface area contributed by atoms with Gasteiger partial charge >= 0.3 is 0 Å². The maximum atomic E-state index is 5.67. The van der Waals surface area contributed by atoms with E-state index in [2.05, 4.69) is 30.7 Å². The molecule has 0 aliphatic carbocycles. The molecule has 0 bridgehead atoms. The third kappa shape index (κ3) is 3.56. The van der Waals surface area contributed by atoms with Gasteiger partial charge in [0.15, 0.2) is 0 Å². The fourth-order valence-electron chi connectivity index (χ4n) is 0.957. The first-order chi connectivity index (χ1) is 6.49. The summed E-state index contributed by atoms with van der Waals surface area (Å²) < 4.78 is 0. The van der Waals surface area contributed by atoms with Crippen molar-refractivity contribution >= 4 is 12.0 Å². The molecule has 0 saturated carbocycles. The van der Waals surface area contributed by atoms with E-state index in [1.807, 2.05) is 12.1 Å². The molecule has 1 aromatic rings. The van der Waals surface area contributed by atoms with Crippen LogP contribution < -0.4 is 5.73 Å². The van der Waals surface area contributed by atoms with Crippen LogP contribution in [0.2, 0.25) is 0 Å². The molecule has 0 aliphatic heterocycles. The zero-order valence-corrected chi connectivity index (χ0v) is 8.99. The summed E-state index contributed by atoms with van der Waals surface area (Å²) in [6, 6.07) is 3.77. The number of hydrogen-bond acceptors (Lipinski definition) is 3. The highest BCUT2D eigenvalue weighted by Gasteiger charge is 2.07. The van der Waals surface area contributed by atoms with Crippen molar-refractivity contribution in [2.24, 2.45) is 10.4 Å². The lowest BCUT2D eigenvalue weighted by atomic mass is 9.97. The van der Waals surface area contributed by atoms with Crippen LogP contribution in [-0.2, 0) is 0 Å². The van der Waals surface area contributed by atoms with Crippen LogP contribution in [0.5, 0.6) is 0 Å². The van der Waals surface area contributed by atoms with Crippen LogP contribution in [0.3, 0.4) is 0 Å². The normalized spacial score (nSPS) is 12.2. The van der Waals surface area contributed by atoms with E-state index >= 15 is 0 Å². The van der Waals surface area contributed by atoms with E-state index in [1.54, 1.807) is 12.4 Å². The van der Waals surface area contributed by atoms with Gasteiger partial charge in [0.05, 0.1) is 0 Å². The van der Waals surface area contributed by atoms with E-state index in [-0.39, 0.29) is 5.41 Å². The summed E-state index contributed by atoms with van der Waals surface area (Å²) in [5, 5.41) is 0. The largest absolute Gasteiger partial charge is 0.383 e. The van der Waals surface area contributed by atoms with E-state index in [9.17, 15) is 0 Å². The molecule has 0 radical (unpaired) electrons. The summed E-state index contributed by atoms with van der Waals surface area (Å²) in [5.41, 5.74) is 6.77. The van der Waals surface area contributed by atoms with E-state index in [0.717, 1.165) is 12.1 Å². The van der Waals surface area contributed by atoms with Crippen molar-refractivity contribution < 1.29 is 0 Å². The summed E-state index contributed by atoms with van der Waals surface area (Å²) in [5.74, 6) is 0.533. The van der Waals surface area contributed by atoms with Gasteiger partial charge in [0, 0.05) is 24.5 Å². The van der Waals surface area contributed by atoms with Crippen LogP contribution in [0.4, 0.5) is 5.82 Å². The second-order valence-corrected chi connectivity index (χ2v) is 4.51. The van der Waals surface area contributed by atoms with Gasteiger partial charge < -0.3 is 5.73 Å². The van der Waals surface area contributed by atoms with Gasteiger partial charge in [0.1, 0.15) is 5.82 Å². The summed E-state index contributed by atoms with van der Waals surface area (Å²) in [6.45, 7) is 7.24. The first-order valence-electron chi connectivity index (χ1n) is 4.69. The number of aromatic nitrogens is 1. The Morgan fingerprint density at radius 3 is 2.79 bits per heavy atom. The summed E-state index contributed by atoms with van der Waals surface area (Å²) in [4.78, 5) is 8.31. The molecule has 14 heavy (non-hydrogen) atoms. The molecule has 1 rings (SSSR count). The van der Waals surface area contributed by atoms with Crippen LogP contribution in [-0.4, -0.2) is 17.7 Å². The van der Waals surface area contributed by atoms with Crippen molar-refractivity contribution in [3.63, 3.8) is 0 Å². The molecule has 2 N–H and O–H groups in total. The van der Waals surface area contributed by atoms with Gasteiger partial charge in [-0.05, 0) is 17.5 Å². The number of aliphatic imine (C=N–C) groups is 1. The molecule has 3 heteroatoms. The minimum absolute atomic E-state index is 0.216. The molecule has 0 spiro atoms. The first kappa shape index (κ1) is 10.7. The monoisotopic (exact) mass is 191 g/mol. The van der Waals surface area contributed by atoms with Crippen LogP contribution in [0.25, 0.3) is 0 Å². The number of nitrogen functional groups attached to an aromatic ring is 1. The predicted octanol–water partition coefficient (Wildman–Crippen LogP) is 2.13. The third-order valence-electron chi connectivity index (χ3n) is 1.67. The average molecular weight is 191 g/mol. The molecule has 0 aliphatic rings. The molecule has 0 aromatic carbocycles. The Morgan fingerprint density at radius 1 is 1.50 bits per heavy atom. The number of hydrogen-bond donors (Lipinski definition) is 1. The number of nitrogens with two attached hydrogens (primary N) is 1. The van der Waals surface area contributed by atoms with Crippen molar-refractivity contribution in [2.75, 3.05) is 12.3 Å². The van der Waals surface area contributed by atoms with Gasteiger partial charge in [0.25, 0.3) is 0 Å². The minimum Gasteiger partial charge on any atom is -0.383 e. The van der Waals surface area contributed by atoms with Crippen molar-refractivity contribution in [1.29, 1.82) is 0 Å². The number of anilines is 1. The molecule has 0 atom stereocenters. The second-order valence-electron chi connectivity index (χ2n) is 4.51. The van der Waals surface area contributed by atoms with Crippen molar-refractivity contribution in [2.45, 2.75) is 20.8 Å². The Kier molecular flexibility index (Phi) is 3.23. The van der Waals surface area contributed by atoms with Gasteiger partial charge in [-0.1, -0.05) is 20.8 Å². The Labute approximate surface area is 85.1 Å². The summed E-state index contributed by atoms with van der Waals surface area (Å²) in [7, 11) is 0. The lowest BCUT2D eigenvalue weighted by Gasteiger charge is -2.13. The quantitative estimate of drug-likeness (QED) is 0.728. The zero-order chi connectivity index (χ0) is 10.6. The van der Waals surface area contributed by atoms with E-state index in [1.165, 1.54) is 0 Å². The maximum absolute atomic E-state index is 5.67. The van der Waals surface area contributed by atoms with Gasteiger partial charge in [-0.3, -0.25) is 4.99 Å². The second kappa shape index (κ2) is 4.22. The smallest absolute Gasteiger partial charge is 0.132 e. The lowest BCUT2D eigenvalue weighted by molar-refractivity contribution is 0.430. The van der Waals surface area contributed by atoms with Crippen LogP contribution in [0, 0.1) is 5.41 Å². The highest BCUT2D eigenvalue weighted by molar-refractivity contribution is 5.85. The molecule has 0 fully saturated rings. The first-order valence-corrected chi connectivity index (χ1v) is 4.69. The molecule has 0 saturated heterocycles. The number of nitrogens with zero attached hydrogens (tertiary/aromatic N) is 2. The predicted molar refractivity (Wildman–Crippen MR) is 60.6 cm³/mol. The maximum Gasteiger partial charge on any atom is 0.132 e. The van der Waals surface area contributed by atoms with Gasteiger partial charge in [-0.2, -0.15) is 0 Å². The van der Waals surface area contributed by atoms with Crippen molar-refractivity contribution in [3.8, 4) is 0 Å². The van der Waals surface area contributed by atoms with Crippen LogP contribution in [0.1, 0.15) is 26.3 Å². The van der Waals surface area contributed by atoms with Crippen molar-refractivity contribution in [1.82, 2.24) is 4.98 Å². The van der Waals surface area contributed by atoms with Crippen LogP contribution in [0.15, 0.2) is 23.3 Å². The molecule has 0 amide bonds. The molecule has 76 valence electrons.